The Labute approximate surface area is 212 Å². The van der Waals surface area contributed by atoms with Gasteiger partial charge in [0.1, 0.15) is 31.5 Å². The van der Waals surface area contributed by atoms with Crippen LogP contribution in [0.2, 0.25) is 0 Å². The summed E-state index contributed by atoms with van der Waals surface area (Å²) in [6.07, 6.45) is -6.93. The van der Waals surface area contributed by atoms with Gasteiger partial charge >= 0.3 is 29.8 Å². The Balaban J connectivity index is 2.44. The lowest BCUT2D eigenvalue weighted by Crippen LogP contribution is -2.63. The molecule has 2 rings (SSSR count). The highest BCUT2D eigenvalue weighted by Crippen LogP contribution is 2.32. The van der Waals surface area contributed by atoms with E-state index < -0.39 is 85.5 Å². The van der Waals surface area contributed by atoms with Crippen molar-refractivity contribution in [3.8, 4) is 6.07 Å². The van der Waals surface area contributed by atoms with Crippen molar-refractivity contribution < 1.29 is 61.9 Å². The molecule has 14 heteroatoms. The minimum Gasteiger partial charge on any atom is -0.463 e. The van der Waals surface area contributed by atoms with E-state index in [0.29, 0.717) is 0 Å². The van der Waals surface area contributed by atoms with Crippen molar-refractivity contribution in [1.82, 2.24) is 0 Å². The smallest absolute Gasteiger partial charge is 0.303 e. The molecule has 8 atom stereocenters. The van der Waals surface area contributed by atoms with Crippen LogP contribution in [0.15, 0.2) is 12.2 Å². The van der Waals surface area contributed by atoms with Crippen LogP contribution < -0.4 is 0 Å². The van der Waals surface area contributed by atoms with E-state index in [1.54, 1.807) is 0 Å². The Bertz CT molecular complexity index is 941. The van der Waals surface area contributed by atoms with Crippen LogP contribution >= 0.6 is 0 Å². The average Bonchev–Trinajstić information content (AvgIpc) is 2.79. The van der Waals surface area contributed by atoms with E-state index in [-0.39, 0.29) is 6.61 Å². The highest BCUT2D eigenvalue weighted by atomic mass is 16.7. The van der Waals surface area contributed by atoms with Crippen LogP contribution in [-0.4, -0.2) is 92.1 Å². The SMILES string of the molecule is CC(=O)OC[C@H]1O[C@H](O[C@H]2C=C[C@@H](C#N)O[C@@H]2COC(C)=O)[C@H](OC(C)=O)[C@@H](OC(C)=O)[C@@H]1OC(C)=O. The fraction of sp³-hybridized carbons (Fsp3) is 0.652. The van der Waals surface area contributed by atoms with Crippen LogP contribution in [0.5, 0.6) is 0 Å². The van der Waals surface area contributed by atoms with Gasteiger partial charge in [-0.25, -0.2) is 0 Å². The molecule has 0 spiro atoms. The van der Waals surface area contributed by atoms with Crippen LogP contribution in [0.25, 0.3) is 0 Å². The molecule has 0 amide bonds. The second kappa shape index (κ2) is 13.7. The Morgan fingerprint density at radius 1 is 0.703 bits per heavy atom. The van der Waals surface area contributed by atoms with Gasteiger partial charge in [0.25, 0.3) is 0 Å². The number of rotatable bonds is 9. The summed E-state index contributed by atoms with van der Waals surface area (Å²) in [6, 6.07) is 1.91. The van der Waals surface area contributed by atoms with E-state index in [4.69, 9.17) is 37.9 Å². The minimum atomic E-state index is -1.47. The number of hydrogen-bond donors (Lipinski definition) is 0. The molecular weight excluding hydrogens is 498 g/mol. The van der Waals surface area contributed by atoms with Gasteiger partial charge in [0.15, 0.2) is 30.7 Å². The van der Waals surface area contributed by atoms with Crippen LogP contribution in [0.3, 0.4) is 0 Å². The highest BCUT2D eigenvalue weighted by Gasteiger charge is 2.53. The number of hydrogen-bond acceptors (Lipinski definition) is 14. The maximum absolute atomic E-state index is 11.9. The lowest BCUT2D eigenvalue weighted by atomic mass is 9.97. The Morgan fingerprint density at radius 3 is 1.73 bits per heavy atom. The summed E-state index contributed by atoms with van der Waals surface area (Å²) in [5, 5.41) is 9.21. The van der Waals surface area contributed by atoms with Crippen molar-refractivity contribution in [2.24, 2.45) is 0 Å². The lowest BCUT2D eigenvalue weighted by Gasteiger charge is -2.45. The second-order valence-corrected chi connectivity index (χ2v) is 8.08. The van der Waals surface area contributed by atoms with Crippen molar-refractivity contribution in [1.29, 1.82) is 5.26 Å². The summed E-state index contributed by atoms with van der Waals surface area (Å²) < 4.78 is 43.5. The molecule has 37 heavy (non-hydrogen) atoms. The van der Waals surface area contributed by atoms with Gasteiger partial charge < -0.3 is 37.9 Å². The molecule has 2 heterocycles. The predicted octanol–water partition coefficient (Wildman–Crippen LogP) is -0.135. The molecule has 0 unspecified atom stereocenters. The van der Waals surface area contributed by atoms with Gasteiger partial charge in [-0.3, -0.25) is 24.0 Å². The number of ether oxygens (including phenoxy) is 8. The van der Waals surface area contributed by atoms with Crippen molar-refractivity contribution in [2.75, 3.05) is 13.2 Å². The molecular formula is C23H29NO13. The first-order chi connectivity index (χ1) is 17.4. The van der Waals surface area contributed by atoms with Gasteiger partial charge in [-0.15, -0.1) is 0 Å². The zero-order valence-electron chi connectivity index (χ0n) is 20.9. The molecule has 0 aromatic carbocycles. The normalized spacial score (nSPS) is 30.8. The number of nitriles is 1. The first kappa shape index (κ1) is 29.7. The monoisotopic (exact) mass is 527 g/mol. The fourth-order valence-electron chi connectivity index (χ4n) is 3.64. The highest BCUT2D eigenvalue weighted by molar-refractivity contribution is 5.68. The summed E-state index contributed by atoms with van der Waals surface area (Å²) >= 11 is 0. The lowest BCUT2D eigenvalue weighted by molar-refractivity contribution is -0.320. The van der Waals surface area contributed by atoms with Gasteiger partial charge in [0, 0.05) is 34.6 Å². The first-order valence-corrected chi connectivity index (χ1v) is 11.2. The number of carbonyl (C=O) groups excluding carboxylic acids is 5. The van der Waals surface area contributed by atoms with E-state index in [2.05, 4.69) is 0 Å². The summed E-state index contributed by atoms with van der Waals surface area (Å²) in [6.45, 7) is 4.92. The molecule has 204 valence electrons. The quantitative estimate of drug-likeness (QED) is 0.219. The molecule has 1 saturated heterocycles. The molecule has 0 aromatic rings. The molecule has 0 saturated carbocycles. The summed E-state index contributed by atoms with van der Waals surface area (Å²) in [5.74, 6) is -3.63. The average molecular weight is 527 g/mol. The molecule has 0 bridgehead atoms. The summed E-state index contributed by atoms with van der Waals surface area (Å²) in [4.78, 5) is 58.5. The number of esters is 5. The molecule has 0 aliphatic carbocycles. The summed E-state index contributed by atoms with van der Waals surface area (Å²) in [5.41, 5.74) is 0. The third-order valence-electron chi connectivity index (χ3n) is 4.98. The topological polar surface area (TPSA) is 183 Å². The van der Waals surface area contributed by atoms with Crippen LogP contribution in [0.1, 0.15) is 34.6 Å². The number of carbonyl (C=O) groups is 5. The van der Waals surface area contributed by atoms with Crippen LogP contribution in [0.4, 0.5) is 0 Å². The van der Waals surface area contributed by atoms with E-state index in [0.717, 1.165) is 27.7 Å². The van der Waals surface area contributed by atoms with Crippen molar-refractivity contribution in [3.63, 3.8) is 0 Å². The van der Waals surface area contributed by atoms with Crippen LogP contribution in [0, 0.1) is 11.3 Å². The Morgan fingerprint density at radius 2 is 1.22 bits per heavy atom. The minimum absolute atomic E-state index is 0.284. The van der Waals surface area contributed by atoms with Gasteiger partial charge in [-0.1, -0.05) is 6.08 Å². The fourth-order valence-corrected chi connectivity index (χ4v) is 3.64. The maximum atomic E-state index is 11.9. The molecule has 2 aliphatic rings. The third-order valence-corrected chi connectivity index (χ3v) is 4.98. The molecule has 0 radical (unpaired) electrons. The summed E-state index contributed by atoms with van der Waals surface area (Å²) in [7, 11) is 0. The van der Waals surface area contributed by atoms with Crippen molar-refractivity contribution >= 4 is 29.8 Å². The van der Waals surface area contributed by atoms with E-state index in [9.17, 15) is 29.2 Å². The molecule has 1 fully saturated rings. The zero-order valence-corrected chi connectivity index (χ0v) is 20.9. The molecule has 2 aliphatic heterocycles. The van der Waals surface area contributed by atoms with Gasteiger partial charge in [0.05, 0.1) is 6.07 Å². The first-order valence-electron chi connectivity index (χ1n) is 11.2. The Hall–Kier alpha value is -3.54. The Kier molecular flexibility index (Phi) is 11.0. The second-order valence-electron chi connectivity index (χ2n) is 8.08. The molecule has 0 aromatic heterocycles. The van der Waals surface area contributed by atoms with E-state index >= 15 is 0 Å². The van der Waals surface area contributed by atoms with Gasteiger partial charge in [-0.2, -0.15) is 5.26 Å². The molecule has 14 nitrogen and oxygen atoms in total. The maximum Gasteiger partial charge on any atom is 0.303 e. The van der Waals surface area contributed by atoms with Crippen LogP contribution in [-0.2, 0) is 61.9 Å². The van der Waals surface area contributed by atoms with Gasteiger partial charge in [0.2, 0.25) is 0 Å². The number of nitrogens with zero attached hydrogens (tertiary/aromatic N) is 1. The largest absolute Gasteiger partial charge is 0.463 e. The van der Waals surface area contributed by atoms with Gasteiger partial charge in [-0.05, 0) is 6.08 Å². The van der Waals surface area contributed by atoms with Crippen molar-refractivity contribution in [2.45, 2.75) is 83.6 Å². The third kappa shape index (κ3) is 9.12. The van der Waals surface area contributed by atoms with E-state index in [1.165, 1.54) is 19.1 Å². The van der Waals surface area contributed by atoms with E-state index in [1.807, 2.05) is 6.07 Å². The standard InChI is InChI=1S/C23H29NO13/c1-11(25)30-9-18-17(7-6-16(8-24)35-18)36-23-22(34-15(5)29)21(33-14(4)28)20(32-13(3)27)19(37-23)10-31-12(2)26/h6-7,16-23H,9-10H2,1-5H3/t16-,17-,18+,19+,20+,21-,22+,23-/m0/s1. The zero-order chi connectivity index (χ0) is 27.7. The van der Waals surface area contributed by atoms with Crippen molar-refractivity contribution in [3.05, 3.63) is 12.2 Å². The molecule has 0 N–H and O–H groups in total. The predicted molar refractivity (Wildman–Crippen MR) is 117 cm³/mol.